The van der Waals surface area contributed by atoms with Crippen molar-refractivity contribution in [3.63, 3.8) is 0 Å². The van der Waals surface area contributed by atoms with Gasteiger partial charge in [-0.05, 0) is 44.0 Å². The number of benzene rings is 1. The van der Waals surface area contributed by atoms with E-state index in [0.717, 1.165) is 11.0 Å². The Bertz CT molecular complexity index is 603. The molecule has 1 atom stereocenters. The molecule has 0 fully saturated rings. The number of aryl methyl sites for hydroxylation is 2. The Hall–Kier alpha value is -1.79. The summed E-state index contributed by atoms with van der Waals surface area (Å²) in [6.45, 7) is 6.24. The summed E-state index contributed by atoms with van der Waals surface area (Å²) in [5.74, 6) is 3.23. The molecule has 1 aromatic heterocycles. The van der Waals surface area contributed by atoms with Crippen molar-refractivity contribution in [2.45, 2.75) is 33.4 Å². The Balaban J connectivity index is 2.76. The molecule has 2 aromatic rings. The Morgan fingerprint density at radius 3 is 2.65 bits per heavy atom. The summed E-state index contributed by atoms with van der Waals surface area (Å²) in [6.07, 6.45) is 4.75. The summed E-state index contributed by atoms with van der Waals surface area (Å²) in [7, 11) is 0. The van der Waals surface area contributed by atoms with Crippen LogP contribution < -0.4 is 0 Å². The van der Waals surface area contributed by atoms with Crippen LogP contribution in [0, 0.1) is 26.2 Å². The predicted molar refractivity (Wildman–Crippen MR) is 68.7 cm³/mol. The van der Waals surface area contributed by atoms with Crippen LogP contribution in [0.4, 0.5) is 0 Å². The summed E-state index contributed by atoms with van der Waals surface area (Å²) in [5.41, 5.74) is 4.27. The highest BCUT2D eigenvalue weighted by atomic mass is 16.3. The maximum atomic E-state index is 9.72. The number of aliphatic hydroxyl groups is 1. The molecule has 0 bridgehead atoms. The molecule has 1 N–H and O–H groups in total. The van der Waals surface area contributed by atoms with E-state index in [2.05, 4.69) is 30.8 Å². The predicted octanol–water partition coefficient (Wildman–Crippen LogP) is 2.34. The third-order valence-electron chi connectivity index (χ3n) is 3.02. The molecule has 0 saturated carbocycles. The zero-order valence-corrected chi connectivity index (χ0v) is 10.4. The Morgan fingerprint density at radius 2 is 2.06 bits per heavy atom. The van der Waals surface area contributed by atoms with Gasteiger partial charge in [0.05, 0.1) is 17.6 Å². The molecule has 88 valence electrons. The first-order valence-electron chi connectivity index (χ1n) is 5.63. The maximum Gasteiger partial charge on any atom is 0.139 e. The fourth-order valence-corrected chi connectivity index (χ4v) is 1.98. The highest BCUT2D eigenvalue weighted by Gasteiger charge is 2.14. The SMILES string of the molecule is C#CCn1c(C(C)O)nc2cc(C)c(C)cc21. The van der Waals surface area contributed by atoms with Crippen molar-refractivity contribution in [3.8, 4) is 12.3 Å². The first kappa shape index (κ1) is 11.7. The van der Waals surface area contributed by atoms with Gasteiger partial charge in [-0.15, -0.1) is 6.42 Å². The van der Waals surface area contributed by atoms with Gasteiger partial charge in [-0.1, -0.05) is 5.92 Å². The summed E-state index contributed by atoms with van der Waals surface area (Å²) < 4.78 is 1.90. The maximum absolute atomic E-state index is 9.72. The van der Waals surface area contributed by atoms with Crippen LogP contribution in [-0.2, 0) is 6.54 Å². The minimum absolute atomic E-state index is 0.430. The van der Waals surface area contributed by atoms with Crippen molar-refractivity contribution in [2.75, 3.05) is 0 Å². The number of aliphatic hydroxyl groups excluding tert-OH is 1. The van der Waals surface area contributed by atoms with Gasteiger partial charge < -0.3 is 9.67 Å². The molecule has 0 amide bonds. The fourth-order valence-electron chi connectivity index (χ4n) is 1.98. The lowest BCUT2D eigenvalue weighted by atomic mass is 10.1. The van der Waals surface area contributed by atoms with E-state index in [1.54, 1.807) is 6.92 Å². The quantitative estimate of drug-likeness (QED) is 0.801. The van der Waals surface area contributed by atoms with Gasteiger partial charge in [-0.2, -0.15) is 0 Å². The molecule has 1 unspecified atom stereocenters. The minimum Gasteiger partial charge on any atom is -0.385 e. The van der Waals surface area contributed by atoms with Gasteiger partial charge in [0, 0.05) is 0 Å². The molecule has 0 radical (unpaired) electrons. The average Bonchev–Trinajstić information content (AvgIpc) is 2.59. The highest BCUT2D eigenvalue weighted by Crippen LogP contribution is 2.23. The lowest BCUT2D eigenvalue weighted by Crippen LogP contribution is -2.05. The van der Waals surface area contributed by atoms with Crippen LogP contribution in [0.2, 0.25) is 0 Å². The van der Waals surface area contributed by atoms with Crippen LogP contribution in [-0.4, -0.2) is 14.7 Å². The molecule has 1 aromatic carbocycles. The first-order valence-corrected chi connectivity index (χ1v) is 5.63. The van der Waals surface area contributed by atoms with Crippen molar-refractivity contribution < 1.29 is 5.11 Å². The number of terminal acetylenes is 1. The molecule has 17 heavy (non-hydrogen) atoms. The molecule has 3 heteroatoms. The number of hydrogen-bond acceptors (Lipinski definition) is 2. The van der Waals surface area contributed by atoms with Crippen molar-refractivity contribution in [1.29, 1.82) is 0 Å². The highest BCUT2D eigenvalue weighted by molar-refractivity contribution is 5.78. The number of aromatic nitrogens is 2. The van der Waals surface area contributed by atoms with Crippen molar-refractivity contribution in [2.24, 2.45) is 0 Å². The van der Waals surface area contributed by atoms with E-state index >= 15 is 0 Å². The molecule has 0 saturated heterocycles. The van der Waals surface area contributed by atoms with Crippen LogP contribution in [0.1, 0.15) is 30.0 Å². The molecule has 0 aliphatic heterocycles. The monoisotopic (exact) mass is 228 g/mol. The van der Waals surface area contributed by atoms with Crippen molar-refractivity contribution >= 4 is 11.0 Å². The number of rotatable bonds is 2. The summed E-state index contributed by atoms with van der Waals surface area (Å²) in [5, 5.41) is 9.72. The fraction of sp³-hybridized carbons (Fsp3) is 0.357. The number of fused-ring (bicyclic) bond motifs is 1. The third kappa shape index (κ3) is 1.92. The van der Waals surface area contributed by atoms with Gasteiger partial charge in [0.25, 0.3) is 0 Å². The number of imidazole rings is 1. The lowest BCUT2D eigenvalue weighted by molar-refractivity contribution is 0.185. The van der Waals surface area contributed by atoms with E-state index < -0.39 is 6.10 Å². The van der Waals surface area contributed by atoms with Gasteiger partial charge >= 0.3 is 0 Å². The van der Waals surface area contributed by atoms with Crippen LogP contribution in [0.3, 0.4) is 0 Å². The minimum atomic E-state index is -0.614. The molecule has 2 rings (SSSR count). The average molecular weight is 228 g/mol. The molecule has 0 aliphatic rings. The van der Waals surface area contributed by atoms with Gasteiger partial charge in [0.15, 0.2) is 0 Å². The Labute approximate surface area is 101 Å². The van der Waals surface area contributed by atoms with E-state index in [1.807, 2.05) is 10.6 Å². The van der Waals surface area contributed by atoms with Crippen molar-refractivity contribution in [1.82, 2.24) is 9.55 Å². The van der Waals surface area contributed by atoms with Crippen LogP contribution in [0.25, 0.3) is 11.0 Å². The summed E-state index contributed by atoms with van der Waals surface area (Å²) in [4.78, 5) is 4.45. The standard InChI is InChI=1S/C14H16N2O/c1-5-6-16-13-8-10(3)9(2)7-12(13)15-14(16)11(4)17/h1,7-8,11,17H,6H2,2-4H3. The molecule has 3 nitrogen and oxygen atoms in total. The molecule has 1 heterocycles. The van der Waals surface area contributed by atoms with E-state index in [4.69, 9.17) is 6.42 Å². The second-order valence-corrected chi connectivity index (χ2v) is 4.36. The van der Waals surface area contributed by atoms with Gasteiger partial charge in [0.1, 0.15) is 11.9 Å². The zero-order chi connectivity index (χ0) is 12.6. The third-order valence-corrected chi connectivity index (χ3v) is 3.02. The molecule has 0 spiro atoms. The van der Waals surface area contributed by atoms with E-state index in [9.17, 15) is 5.11 Å². The lowest BCUT2D eigenvalue weighted by Gasteiger charge is -2.07. The largest absolute Gasteiger partial charge is 0.385 e. The molecule has 0 aliphatic carbocycles. The Morgan fingerprint density at radius 1 is 1.41 bits per heavy atom. The van der Waals surface area contributed by atoms with Crippen LogP contribution in [0.15, 0.2) is 12.1 Å². The number of nitrogens with zero attached hydrogens (tertiary/aromatic N) is 2. The van der Waals surface area contributed by atoms with Crippen LogP contribution >= 0.6 is 0 Å². The topological polar surface area (TPSA) is 38.0 Å². The van der Waals surface area contributed by atoms with Gasteiger partial charge in [0.2, 0.25) is 0 Å². The molecular formula is C14H16N2O. The second-order valence-electron chi connectivity index (χ2n) is 4.36. The zero-order valence-electron chi connectivity index (χ0n) is 10.4. The van der Waals surface area contributed by atoms with Gasteiger partial charge in [-0.25, -0.2) is 4.98 Å². The molecular weight excluding hydrogens is 212 g/mol. The number of hydrogen-bond donors (Lipinski definition) is 1. The van der Waals surface area contributed by atoms with Crippen molar-refractivity contribution in [3.05, 3.63) is 29.1 Å². The van der Waals surface area contributed by atoms with E-state index in [1.165, 1.54) is 11.1 Å². The Kier molecular flexibility index (Phi) is 2.91. The summed E-state index contributed by atoms with van der Waals surface area (Å²) in [6, 6.07) is 4.10. The van der Waals surface area contributed by atoms with E-state index in [-0.39, 0.29) is 0 Å². The van der Waals surface area contributed by atoms with E-state index in [0.29, 0.717) is 12.4 Å². The first-order chi connectivity index (χ1) is 8.04. The summed E-state index contributed by atoms with van der Waals surface area (Å²) >= 11 is 0. The smallest absolute Gasteiger partial charge is 0.139 e. The normalized spacial score (nSPS) is 12.6. The van der Waals surface area contributed by atoms with Crippen LogP contribution in [0.5, 0.6) is 0 Å². The second kappa shape index (κ2) is 4.23. The van der Waals surface area contributed by atoms with Gasteiger partial charge in [-0.3, -0.25) is 0 Å².